The average Bonchev–Trinajstić information content (AvgIpc) is 3.89. The van der Waals surface area contributed by atoms with Crippen molar-refractivity contribution in [3.63, 3.8) is 0 Å². The van der Waals surface area contributed by atoms with Crippen LogP contribution in [0.15, 0.2) is 108 Å². The van der Waals surface area contributed by atoms with Crippen LogP contribution in [0.4, 0.5) is 5.95 Å². The zero-order valence-corrected chi connectivity index (χ0v) is 34.1. The van der Waals surface area contributed by atoms with Gasteiger partial charge in [0.15, 0.2) is 5.95 Å². The normalized spacial score (nSPS) is 13.6. The van der Waals surface area contributed by atoms with Gasteiger partial charge in [-0.25, -0.2) is 13.4 Å². The third kappa shape index (κ3) is 8.77. The third-order valence-corrected chi connectivity index (χ3v) is 12.7. The number of H-pyrrole nitrogens is 1. The number of sulfonamides is 1. The summed E-state index contributed by atoms with van der Waals surface area (Å²) in [5, 5.41) is 17.4. The van der Waals surface area contributed by atoms with Crippen LogP contribution in [0.5, 0.6) is 17.2 Å². The Bertz CT molecular complexity index is 2590. The number of ether oxygens (including phenoxy) is 3. The van der Waals surface area contributed by atoms with Crippen molar-refractivity contribution in [1.82, 2.24) is 39.8 Å². The molecule has 304 valence electrons. The molecule has 0 amide bonds. The molecule has 0 atom stereocenters. The fourth-order valence-corrected chi connectivity index (χ4v) is 9.50. The van der Waals surface area contributed by atoms with Crippen molar-refractivity contribution in [2.24, 2.45) is 5.92 Å². The number of imidazole rings is 1. The highest BCUT2D eigenvalue weighted by molar-refractivity contribution is 7.89. The predicted molar refractivity (Wildman–Crippen MR) is 227 cm³/mol. The Labute approximate surface area is 343 Å². The highest BCUT2D eigenvalue weighted by Gasteiger charge is 2.35. The molecular formula is C44H47N9O5S. The maximum atomic E-state index is 15.9. The maximum absolute atomic E-state index is 15.9. The number of hydrogen-bond donors (Lipinski definition) is 3. The minimum atomic E-state index is -4.33. The smallest absolute Gasteiger partial charge is 0.244 e. The summed E-state index contributed by atoms with van der Waals surface area (Å²) in [6, 6.07) is 32.2. The van der Waals surface area contributed by atoms with Gasteiger partial charge in [0.2, 0.25) is 15.8 Å². The second-order valence-electron chi connectivity index (χ2n) is 14.7. The largest absolute Gasteiger partial charge is 0.497 e. The third-order valence-electron chi connectivity index (χ3n) is 10.8. The molecule has 8 rings (SSSR count). The molecule has 0 bridgehead atoms. The first-order valence-corrected chi connectivity index (χ1v) is 20.9. The molecule has 1 fully saturated rings. The van der Waals surface area contributed by atoms with Crippen LogP contribution in [0.3, 0.4) is 0 Å². The molecule has 1 saturated heterocycles. The molecule has 0 saturated carbocycles. The van der Waals surface area contributed by atoms with E-state index in [1.165, 1.54) is 9.10 Å². The lowest BCUT2D eigenvalue weighted by molar-refractivity contribution is 0.369. The van der Waals surface area contributed by atoms with Crippen LogP contribution in [0.25, 0.3) is 33.5 Å². The van der Waals surface area contributed by atoms with E-state index in [4.69, 9.17) is 25.0 Å². The molecule has 1 aliphatic rings. The van der Waals surface area contributed by atoms with Crippen LogP contribution < -0.4 is 25.3 Å². The number of tetrazole rings is 1. The number of nitrogens with zero attached hydrogens (tertiary/aromatic N) is 6. The molecule has 4 N–H and O–H groups in total. The fraction of sp³-hybridized carbons (Fsp3) is 0.273. The summed E-state index contributed by atoms with van der Waals surface area (Å²) < 4.78 is 49.6. The van der Waals surface area contributed by atoms with E-state index in [1.807, 2.05) is 103 Å². The number of rotatable bonds is 15. The van der Waals surface area contributed by atoms with Gasteiger partial charge in [-0.1, -0.05) is 54.6 Å². The molecular weight excluding hydrogens is 767 g/mol. The number of benzene rings is 5. The summed E-state index contributed by atoms with van der Waals surface area (Å²) in [6.45, 7) is 2.22. The Kier molecular flexibility index (Phi) is 11.6. The molecule has 3 heterocycles. The average molecular weight is 814 g/mol. The van der Waals surface area contributed by atoms with Gasteiger partial charge in [0.05, 0.1) is 49.4 Å². The molecule has 2 aromatic heterocycles. The SMILES string of the molecule is COc1ccc(CN(Cc2ccc(OC)cc2)S(=O)(=O)c2c(CC3CCNCC3)ccc(-c3ccc4nc(N)[nH]c4c3)c2-c2nnn(Cc3ccc(OC)cc3)n2)cc1. The van der Waals surface area contributed by atoms with Gasteiger partial charge in [-0.3, -0.25) is 0 Å². The highest BCUT2D eigenvalue weighted by Crippen LogP contribution is 2.41. The summed E-state index contributed by atoms with van der Waals surface area (Å²) in [6.07, 6.45) is 2.40. The van der Waals surface area contributed by atoms with Crippen molar-refractivity contribution in [3.05, 3.63) is 125 Å². The number of anilines is 1. The van der Waals surface area contributed by atoms with Gasteiger partial charge in [-0.05, 0) is 125 Å². The zero-order chi connectivity index (χ0) is 40.9. The summed E-state index contributed by atoms with van der Waals surface area (Å²) in [5.74, 6) is 2.83. The van der Waals surface area contributed by atoms with E-state index in [2.05, 4.69) is 25.6 Å². The standard InChI is InChI=1S/C44H47N9O5S/c1-56-35-12-4-30(5-13-35)26-52(27-31-6-14-36(57-2)15-7-31)59(54,55)42-34(24-29-20-22-46-23-21-29)10-18-38(33-11-19-39-40(25-33)48-44(45)47-39)41(42)43-49-51-53(50-43)28-32-8-16-37(58-3)17-9-32/h4-19,25,29,46H,20-24,26-28H2,1-3H3,(H3,45,47,48). The first kappa shape index (κ1) is 39.5. The van der Waals surface area contributed by atoms with E-state index < -0.39 is 10.0 Å². The first-order chi connectivity index (χ1) is 28.7. The molecule has 0 unspecified atom stereocenters. The van der Waals surface area contributed by atoms with Crippen LogP contribution in [0.1, 0.15) is 35.1 Å². The summed E-state index contributed by atoms with van der Waals surface area (Å²) in [5.41, 5.74) is 12.4. The minimum absolute atomic E-state index is 0.0891. The predicted octanol–water partition coefficient (Wildman–Crippen LogP) is 6.47. The molecule has 0 radical (unpaired) electrons. The van der Waals surface area contributed by atoms with Crippen LogP contribution in [-0.2, 0) is 36.1 Å². The van der Waals surface area contributed by atoms with Crippen LogP contribution >= 0.6 is 0 Å². The van der Waals surface area contributed by atoms with E-state index in [0.29, 0.717) is 52.2 Å². The molecule has 15 heteroatoms. The van der Waals surface area contributed by atoms with Gasteiger partial charge in [-0.15, -0.1) is 10.2 Å². The van der Waals surface area contributed by atoms with Crippen molar-refractivity contribution < 1.29 is 22.6 Å². The maximum Gasteiger partial charge on any atom is 0.244 e. The minimum Gasteiger partial charge on any atom is -0.497 e. The quantitative estimate of drug-likeness (QED) is 0.103. The van der Waals surface area contributed by atoms with Gasteiger partial charge in [0.25, 0.3) is 0 Å². The summed E-state index contributed by atoms with van der Waals surface area (Å²) in [7, 11) is 0.501. The second kappa shape index (κ2) is 17.3. The van der Waals surface area contributed by atoms with Crippen molar-refractivity contribution in [1.29, 1.82) is 0 Å². The van der Waals surface area contributed by atoms with Crippen LogP contribution in [0.2, 0.25) is 0 Å². The topological polar surface area (TPSA) is 175 Å². The van der Waals surface area contributed by atoms with E-state index in [0.717, 1.165) is 53.9 Å². The highest BCUT2D eigenvalue weighted by atomic mass is 32.2. The lowest BCUT2D eigenvalue weighted by Crippen LogP contribution is -2.32. The Morgan fingerprint density at radius 2 is 1.37 bits per heavy atom. The van der Waals surface area contributed by atoms with E-state index in [1.54, 1.807) is 21.3 Å². The van der Waals surface area contributed by atoms with Crippen molar-refractivity contribution in [2.45, 2.75) is 43.8 Å². The molecule has 0 spiro atoms. The van der Waals surface area contributed by atoms with Gasteiger partial charge in [0.1, 0.15) is 17.2 Å². The number of nitrogen functional groups attached to an aromatic ring is 1. The van der Waals surface area contributed by atoms with E-state index >= 15 is 8.42 Å². The van der Waals surface area contributed by atoms with Crippen LogP contribution in [-0.4, -0.2) is 77.3 Å². The van der Waals surface area contributed by atoms with E-state index in [9.17, 15) is 0 Å². The number of piperidine rings is 1. The zero-order valence-electron chi connectivity index (χ0n) is 33.3. The number of aromatic nitrogens is 6. The second-order valence-corrected chi connectivity index (χ2v) is 16.6. The Balaban J connectivity index is 1.33. The Hall–Kier alpha value is -6.29. The Morgan fingerprint density at radius 3 is 1.97 bits per heavy atom. The van der Waals surface area contributed by atoms with Crippen molar-refractivity contribution >= 4 is 27.0 Å². The number of fused-ring (bicyclic) bond motifs is 1. The number of methoxy groups -OCH3 is 3. The summed E-state index contributed by atoms with van der Waals surface area (Å²) in [4.78, 5) is 9.17. The number of aromatic amines is 1. The monoisotopic (exact) mass is 813 g/mol. The fourth-order valence-electron chi connectivity index (χ4n) is 7.67. The van der Waals surface area contributed by atoms with Gasteiger partial charge >= 0.3 is 0 Å². The van der Waals surface area contributed by atoms with Gasteiger partial charge in [-0.2, -0.15) is 9.10 Å². The van der Waals surface area contributed by atoms with Gasteiger partial charge in [0, 0.05) is 13.1 Å². The molecule has 59 heavy (non-hydrogen) atoms. The number of nitrogens with two attached hydrogens (primary N) is 1. The summed E-state index contributed by atoms with van der Waals surface area (Å²) >= 11 is 0. The van der Waals surface area contributed by atoms with Gasteiger partial charge < -0.3 is 30.2 Å². The molecule has 0 aliphatic carbocycles. The molecule has 7 aromatic rings. The molecule has 1 aliphatic heterocycles. The Morgan fingerprint density at radius 1 is 0.780 bits per heavy atom. The first-order valence-electron chi connectivity index (χ1n) is 19.5. The molecule has 14 nitrogen and oxygen atoms in total. The van der Waals surface area contributed by atoms with Crippen molar-refractivity contribution in [3.8, 4) is 39.8 Å². The number of hydrogen-bond acceptors (Lipinski definition) is 11. The van der Waals surface area contributed by atoms with Crippen molar-refractivity contribution in [2.75, 3.05) is 40.2 Å². The lowest BCUT2D eigenvalue weighted by atomic mass is 9.88. The number of nitrogens with one attached hydrogen (secondary N) is 2. The molecule has 5 aromatic carbocycles. The van der Waals surface area contributed by atoms with Crippen LogP contribution in [0, 0.1) is 5.92 Å². The lowest BCUT2D eigenvalue weighted by Gasteiger charge is -2.28. The van der Waals surface area contributed by atoms with E-state index in [-0.39, 0.29) is 35.7 Å².